The number of halogens is 1. The summed E-state index contributed by atoms with van der Waals surface area (Å²) in [7, 11) is 0. The Hall–Kier alpha value is -1.67. The van der Waals surface area contributed by atoms with Crippen LogP contribution >= 0.6 is 0 Å². The normalized spacial score (nSPS) is 19.4. The van der Waals surface area contributed by atoms with Gasteiger partial charge in [-0.05, 0) is 60.6 Å². The first kappa shape index (κ1) is 13.3. The first-order valence-electron chi connectivity index (χ1n) is 7.25. The van der Waals surface area contributed by atoms with Crippen molar-refractivity contribution in [2.24, 2.45) is 5.73 Å². The van der Waals surface area contributed by atoms with E-state index in [1.165, 1.54) is 11.1 Å². The molecule has 0 spiro atoms. The topological polar surface area (TPSA) is 26.0 Å². The summed E-state index contributed by atoms with van der Waals surface area (Å²) in [5.41, 5.74) is 11.0. The summed E-state index contributed by atoms with van der Waals surface area (Å²) < 4.78 is 13.6. The highest BCUT2D eigenvalue weighted by molar-refractivity contribution is 5.37. The maximum absolute atomic E-state index is 13.6. The molecule has 1 aliphatic rings. The van der Waals surface area contributed by atoms with Crippen molar-refractivity contribution in [3.8, 4) is 0 Å². The summed E-state index contributed by atoms with van der Waals surface area (Å²) in [5, 5.41) is 0. The second-order valence-corrected chi connectivity index (χ2v) is 5.79. The van der Waals surface area contributed by atoms with Gasteiger partial charge in [-0.1, -0.05) is 30.3 Å². The molecule has 20 heavy (non-hydrogen) atoms. The molecule has 0 fully saturated rings. The van der Waals surface area contributed by atoms with Gasteiger partial charge in [-0.15, -0.1) is 0 Å². The van der Waals surface area contributed by atoms with Crippen LogP contribution in [-0.2, 0) is 6.42 Å². The van der Waals surface area contributed by atoms with Crippen molar-refractivity contribution in [3.63, 3.8) is 0 Å². The van der Waals surface area contributed by atoms with E-state index in [0.29, 0.717) is 5.92 Å². The van der Waals surface area contributed by atoms with Crippen molar-refractivity contribution in [1.29, 1.82) is 0 Å². The minimum atomic E-state index is -0.195. The third kappa shape index (κ3) is 2.48. The zero-order valence-corrected chi connectivity index (χ0v) is 11.8. The Labute approximate surface area is 119 Å². The van der Waals surface area contributed by atoms with Gasteiger partial charge in [-0.25, -0.2) is 4.39 Å². The summed E-state index contributed by atoms with van der Waals surface area (Å²) in [6.45, 7) is 1.91. The van der Waals surface area contributed by atoms with Gasteiger partial charge in [0.15, 0.2) is 0 Å². The Morgan fingerprint density at radius 1 is 1.20 bits per heavy atom. The van der Waals surface area contributed by atoms with Gasteiger partial charge >= 0.3 is 0 Å². The van der Waals surface area contributed by atoms with Gasteiger partial charge in [-0.2, -0.15) is 0 Å². The van der Waals surface area contributed by atoms with Crippen molar-refractivity contribution in [3.05, 3.63) is 70.5 Å². The van der Waals surface area contributed by atoms with Crippen LogP contribution in [0.3, 0.4) is 0 Å². The molecule has 0 heterocycles. The summed E-state index contributed by atoms with van der Waals surface area (Å²) >= 11 is 0. The highest BCUT2D eigenvalue weighted by Crippen LogP contribution is 2.39. The smallest absolute Gasteiger partial charge is 0.123 e. The van der Waals surface area contributed by atoms with Crippen LogP contribution in [0.15, 0.2) is 42.5 Å². The average Bonchev–Trinajstić information content (AvgIpc) is 2.45. The second kappa shape index (κ2) is 5.37. The van der Waals surface area contributed by atoms with E-state index in [4.69, 9.17) is 5.73 Å². The largest absolute Gasteiger partial charge is 0.323 e. The highest BCUT2D eigenvalue weighted by atomic mass is 19.1. The first-order valence-corrected chi connectivity index (χ1v) is 7.25. The number of rotatable bonds is 2. The average molecular weight is 269 g/mol. The lowest BCUT2D eigenvalue weighted by Crippen LogP contribution is -2.23. The summed E-state index contributed by atoms with van der Waals surface area (Å²) in [6.07, 6.45) is 3.36. The molecule has 2 N–H and O–H groups in total. The van der Waals surface area contributed by atoms with Gasteiger partial charge in [0.2, 0.25) is 0 Å². The van der Waals surface area contributed by atoms with Crippen LogP contribution in [0.1, 0.15) is 47.1 Å². The van der Waals surface area contributed by atoms with Crippen molar-refractivity contribution in [2.75, 3.05) is 0 Å². The number of hydrogen-bond acceptors (Lipinski definition) is 1. The highest BCUT2D eigenvalue weighted by Gasteiger charge is 2.26. The van der Waals surface area contributed by atoms with E-state index in [-0.39, 0.29) is 11.9 Å². The van der Waals surface area contributed by atoms with E-state index < -0.39 is 0 Å². The van der Waals surface area contributed by atoms with E-state index in [1.807, 2.05) is 13.0 Å². The zero-order chi connectivity index (χ0) is 14.1. The van der Waals surface area contributed by atoms with E-state index in [9.17, 15) is 4.39 Å². The van der Waals surface area contributed by atoms with Crippen LogP contribution in [0.4, 0.5) is 4.39 Å². The molecule has 2 aromatic carbocycles. The number of hydrogen-bond donors (Lipinski definition) is 1. The molecule has 0 saturated carbocycles. The van der Waals surface area contributed by atoms with Crippen LogP contribution in [0.5, 0.6) is 0 Å². The van der Waals surface area contributed by atoms with Crippen molar-refractivity contribution < 1.29 is 4.39 Å². The van der Waals surface area contributed by atoms with E-state index in [2.05, 4.69) is 24.3 Å². The summed E-state index contributed by atoms with van der Waals surface area (Å²) in [5.74, 6) is 0.0979. The Balaban J connectivity index is 1.97. The fourth-order valence-electron chi connectivity index (χ4n) is 3.35. The van der Waals surface area contributed by atoms with Crippen molar-refractivity contribution in [2.45, 2.75) is 38.1 Å². The molecule has 2 aromatic rings. The summed E-state index contributed by atoms with van der Waals surface area (Å²) in [4.78, 5) is 0. The summed E-state index contributed by atoms with van der Waals surface area (Å²) in [6, 6.07) is 13.5. The maximum atomic E-state index is 13.6. The van der Waals surface area contributed by atoms with E-state index >= 15 is 0 Å². The zero-order valence-electron chi connectivity index (χ0n) is 11.8. The lowest BCUT2D eigenvalue weighted by atomic mass is 9.77. The molecule has 3 rings (SSSR count). The predicted octanol–water partition coefficient (Wildman–Crippen LogP) is 4.25. The first-order chi connectivity index (χ1) is 9.65. The lowest BCUT2D eigenvalue weighted by Gasteiger charge is -2.30. The Kier molecular flexibility index (Phi) is 3.58. The number of aryl methyl sites for hydroxylation is 2. The van der Waals surface area contributed by atoms with E-state index in [1.54, 1.807) is 12.1 Å². The molecule has 0 aliphatic heterocycles. The van der Waals surface area contributed by atoms with Crippen LogP contribution in [-0.4, -0.2) is 0 Å². The molecule has 1 aliphatic carbocycles. The molecule has 0 amide bonds. The van der Waals surface area contributed by atoms with E-state index in [0.717, 1.165) is 30.4 Å². The number of nitrogens with two attached hydrogens (primary N) is 1. The molecule has 2 heteroatoms. The standard InChI is InChI=1S/C18H20FN/c1-12-9-14(11-15(19)10-12)18(20)17-8-4-6-13-5-2-3-7-16(13)17/h2-3,5,7,9-11,17-18H,4,6,8,20H2,1H3. The van der Waals surface area contributed by atoms with Crippen molar-refractivity contribution in [1.82, 2.24) is 0 Å². The molecule has 0 aromatic heterocycles. The van der Waals surface area contributed by atoms with Gasteiger partial charge in [0.1, 0.15) is 5.82 Å². The number of fused-ring (bicyclic) bond motifs is 1. The molecule has 0 saturated heterocycles. The third-order valence-electron chi connectivity index (χ3n) is 4.30. The lowest BCUT2D eigenvalue weighted by molar-refractivity contribution is 0.472. The Morgan fingerprint density at radius 3 is 2.80 bits per heavy atom. The third-order valence-corrected chi connectivity index (χ3v) is 4.30. The van der Waals surface area contributed by atoms with Gasteiger partial charge in [0, 0.05) is 12.0 Å². The number of benzene rings is 2. The SMILES string of the molecule is Cc1cc(F)cc(C(N)C2CCCc3ccccc32)c1. The molecule has 2 unspecified atom stereocenters. The minimum Gasteiger partial charge on any atom is -0.323 e. The Morgan fingerprint density at radius 2 is 2.00 bits per heavy atom. The van der Waals surface area contributed by atoms with Gasteiger partial charge in [0.05, 0.1) is 0 Å². The monoisotopic (exact) mass is 269 g/mol. The molecule has 104 valence electrons. The van der Waals surface area contributed by atoms with Crippen molar-refractivity contribution >= 4 is 0 Å². The van der Waals surface area contributed by atoms with Crippen LogP contribution < -0.4 is 5.73 Å². The molecular formula is C18H20FN. The molecule has 0 radical (unpaired) electrons. The maximum Gasteiger partial charge on any atom is 0.123 e. The Bertz CT molecular complexity index is 600. The quantitative estimate of drug-likeness (QED) is 0.866. The van der Waals surface area contributed by atoms with Crippen LogP contribution in [0, 0.1) is 12.7 Å². The molecule has 0 bridgehead atoms. The van der Waals surface area contributed by atoms with Crippen LogP contribution in [0.25, 0.3) is 0 Å². The fourth-order valence-corrected chi connectivity index (χ4v) is 3.35. The van der Waals surface area contributed by atoms with Gasteiger partial charge in [0.25, 0.3) is 0 Å². The molecule has 1 nitrogen and oxygen atoms in total. The predicted molar refractivity (Wildman–Crippen MR) is 80.2 cm³/mol. The fraction of sp³-hybridized carbons (Fsp3) is 0.333. The molecule has 2 atom stereocenters. The van der Waals surface area contributed by atoms with Crippen LogP contribution in [0.2, 0.25) is 0 Å². The molecular weight excluding hydrogens is 249 g/mol. The minimum absolute atomic E-state index is 0.133. The van der Waals surface area contributed by atoms with Gasteiger partial charge < -0.3 is 5.73 Å². The second-order valence-electron chi connectivity index (χ2n) is 5.79. The van der Waals surface area contributed by atoms with Gasteiger partial charge in [-0.3, -0.25) is 0 Å².